The summed E-state index contributed by atoms with van der Waals surface area (Å²) in [5.41, 5.74) is 4.70. The lowest BCUT2D eigenvalue weighted by atomic mass is 10.0. The molecule has 3 aromatic carbocycles. The van der Waals surface area contributed by atoms with E-state index in [0.717, 1.165) is 26.7 Å². The van der Waals surface area contributed by atoms with E-state index in [1.165, 1.54) is 0 Å². The summed E-state index contributed by atoms with van der Waals surface area (Å²) in [5.74, 6) is 0.195. The average Bonchev–Trinajstić information content (AvgIpc) is 2.95. The Balaban J connectivity index is 1.56. The van der Waals surface area contributed by atoms with E-state index < -0.39 is 11.9 Å². The van der Waals surface area contributed by atoms with Gasteiger partial charge in [0, 0.05) is 51.3 Å². The van der Waals surface area contributed by atoms with E-state index in [-0.39, 0.29) is 19.8 Å². The average molecular weight is 595 g/mol. The molecule has 1 heterocycles. The van der Waals surface area contributed by atoms with Crippen molar-refractivity contribution in [3.63, 3.8) is 0 Å². The number of nitrogens with one attached hydrogen (secondary N) is 1. The van der Waals surface area contributed by atoms with Gasteiger partial charge in [-0.05, 0) is 46.1 Å². The van der Waals surface area contributed by atoms with E-state index in [2.05, 4.69) is 43.5 Å². The third-order valence-electron chi connectivity index (χ3n) is 5.84. The van der Waals surface area contributed by atoms with Crippen LogP contribution in [0.15, 0.2) is 94.8 Å². The Morgan fingerprint density at radius 1 is 1.00 bits per heavy atom. The second kappa shape index (κ2) is 13.3. The van der Waals surface area contributed by atoms with Crippen LogP contribution in [0.5, 0.6) is 11.5 Å². The van der Waals surface area contributed by atoms with Crippen molar-refractivity contribution in [3.8, 4) is 22.6 Å². The normalized spacial score (nSPS) is 11.6. The second-order valence-corrected chi connectivity index (χ2v) is 9.71. The van der Waals surface area contributed by atoms with Crippen LogP contribution in [-0.4, -0.2) is 16.9 Å². The molecule has 0 saturated heterocycles. The Kier molecular flexibility index (Phi) is 9.59. The molecule has 0 saturated carbocycles. The van der Waals surface area contributed by atoms with Crippen LogP contribution in [0, 0.1) is 4.91 Å². The van der Waals surface area contributed by atoms with Crippen LogP contribution in [0.4, 0.5) is 0 Å². The Morgan fingerprint density at radius 3 is 2.53 bits per heavy atom. The predicted octanol–water partition coefficient (Wildman–Crippen LogP) is 7.09. The monoisotopic (exact) mass is 593 g/mol. The number of amides is 1. The third kappa shape index (κ3) is 7.04. The number of rotatable bonds is 11. The number of nitrogens with zero attached hydrogens (tertiary/aromatic N) is 2. The van der Waals surface area contributed by atoms with E-state index in [9.17, 15) is 9.70 Å². The molecule has 38 heavy (non-hydrogen) atoms. The molecule has 4 aromatic rings. The summed E-state index contributed by atoms with van der Waals surface area (Å²) in [6.45, 7) is 2.35. The first-order chi connectivity index (χ1) is 18.5. The van der Waals surface area contributed by atoms with E-state index in [1.807, 2.05) is 48.5 Å². The SMILES string of the molecule is CC(NCc1cc(Cl)c(OCc2cccc(-c3ccccc3)c2Br)cc1OCc1cccnc1)C(=O)N=O. The molecular weight excluding hydrogens is 570 g/mol. The van der Waals surface area contributed by atoms with E-state index in [4.69, 9.17) is 21.1 Å². The number of hydrogen-bond acceptors (Lipinski definition) is 6. The molecule has 0 fully saturated rings. The van der Waals surface area contributed by atoms with Gasteiger partial charge in [0.1, 0.15) is 24.7 Å². The second-order valence-electron chi connectivity index (χ2n) is 8.51. The number of ether oxygens (including phenoxy) is 2. The van der Waals surface area contributed by atoms with Gasteiger partial charge < -0.3 is 14.8 Å². The van der Waals surface area contributed by atoms with Gasteiger partial charge in [-0.25, -0.2) is 0 Å². The van der Waals surface area contributed by atoms with Gasteiger partial charge >= 0.3 is 5.91 Å². The molecule has 0 aliphatic carbocycles. The number of hydrogen-bond donors (Lipinski definition) is 1. The van der Waals surface area contributed by atoms with Crippen LogP contribution < -0.4 is 14.8 Å². The molecule has 1 aromatic heterocycles. The van der Waals surface area contributed by atoms with Crippen LogP contribution in [-0.2, 0) is 24.6 Å². The maximum Gasteiger partial charge on any atom is 0.302 e. The van der Waals surface area contributed by atoms with Crippen LogP contribution >= 0.6 is 27.5 Å². The van der Waals surface area contributed by atoms with Crippen molar-refractivity contribution in [3.05, 3.63) is 116 Å². The molecular formula is C29H25BrClN3O4. The topological polar surface area (TPSA) is 89.9 Å². The first kappa shape index (κ1) is 27.4. The zero-order valence-corrected chi connectivity index (χ0v) is 22.9. The summed E-state index contributed by atoms with van der Waals surface area (Å²) >= 11 is 10.3. The molecule has 4 rings (SSSR count). The minimum absolute atomic E-state index is 0.232. The van der Waals surface area contributed by atoms with Gasteiger partial charge in [-0.3, -0.25) is 9.78 Å². The van der Waals surface area contributed by atoms with Gasteiger partial charge in [0.25, 0.3) is 0 Å². The minimum atomic E-state index is -0.780. The van der Waals surface area contributed by atoms with Gasteiger partial charge in [0.2, 0.25) is 0 Å². The van der Waals surface area contributed by atoms with Gasteiger partial charge in [0.05, 0.1) is 11.1 Å². The number of pyridine rings is 1. The molecule has 1 unspecified atom stereocenters. The maximum atomic E-state index is 11.6. The number of aromatic nitrogens is 1. The summed E-state index contributed by atoms with van der Waals surface area (Å²) < 4.78 is 13.2. The van der Waals surface area contributed by atoms with Crippen molar-refractivity contribution >= 4 is 33.4 Å². The minimum Gasteiger partial charge on any atom is -0.488 e. The fraction of sp³-hybridized carbons (Fsp3) is 0.172. The summed E-state index contributed by atoms with van der Waals surface area (Å²) in [6.07, 6.45) is 3.41. The lowest BCUT2D eigenvalue weighted by molar-refractivity contribution is -0.119. The van der Waals surface area contributed by atoms with E-state index in [1.54, 1.807) is 31.5 Å². The molecule has 7 nitrogen and oxygen atoms in total. The maximum absolute atomic E-state index is 11.6. The highest BCUT2D eigenvalue weighted by molar-refractivity contribution is 9.10. The molecule has 9 heteroatoms. The fourth-order valence-electron chi connectivity index (χ4n) is 3.72. The number of nitroso groups, excluding NO2 is 1. The molecule has 1 atom stereocenters. The first-order valence-electron chi connectivity index (χ1n) is 11.9. The fourth-order valence-corrected chi connectivity index (χ4v) is 4.57. The number of carbonyl (C=O) groups excluding carboxylic acids is 1. The van der Waals surface area contributed by atoms with Crippen molar-refractivity contribution in [2.75, 3.05) is 0 Å². The van der Waals surface area contributed by atoms with Crippen molar-refractivity contribution in [2.24, 2.45) is 5.18 Å². The number of benzene rings is 3. The van der Waals surface area contributed by atoms with Crippen molar-refractivity contribution in [1.82, 2.24) is 10.3 Å². The highest BCUT2D eigenvalue weighted by Crippen LogP contribution is 2.36. The number of halogens is 2. The Bertz CT molecular complexity index is 1400. The van der Waals surface area contributed by atoms with Crippen molar-refractivity contribution < 1.29 is 14.3 Å². The zero-order chi connectivity index (χ0) is 26.9. The summed E-state index contributed by atoms with van der Waals surface area (Å²) in [4.78, 5) is 26.3. The van der Waals surface area contributed by atoms with Crippen molar-refractivity contribution in [2.45, 2.75) is 32.7 Å². The molecule has 0 aliphatic heterocycles. The largest absolute Gasteiger partial charge is 0.488 e. The quantitative estimate of drug-likeness (QED) is 0.186. The highest BCUT2D eigenvalue weighted by Gasteiger charge is 2.17. The Morgan fingerprint density at radius 2 is 1.79 bits per heavy atom. The molecule has 0 bridgehead atoms. The Labute approximate surface area is 234 Å². The molecule has 1 N–H and O–H groups in total. The lowest BCUT2D eigenvalue weighted by Gasteiger charge is -2.17. The van der Waals surface area contributed by atoms with Gasteiger partial charge in [-0.15, -0.1) is 4.91 Å². The van der Waals surface area contributed by atoms with Gasteiger partial charge in [0.15, 0.2) is 0 Å². The summed E-state index contributed by atoms with van der Waals surface area (Å²) in [7, 11) is 0. The molecule has 0 spiro atoms. The van der Waals surface area contributed by atoms with Gasteiger partial charge in [-0.1, -0.05) is 66.2 Å². The van der Waals surface area contributed by atoms with Crippen LogP contribution in [0.3, 0.4) is 0 Å². The third-order valence-corrected chi connectivity index (χ3v) is 7.07. The molecule has 0 radical (unpaired) electrons. The summed E-state index contributed by atoms with van der Waals surface area (Å²) in [6, 6.07) is 22.6. The van der Waals surface area contributed by atoms with E-state index in [0.29, 0.717) is 22.1 Å². The predicted molar refractivity (Wildman–Crippen MR) is 151 cm³/mol. The molecule has 1 amide bonds. The van der Waals surface area contributed by atoms with Crippen LogP contribution in [0.2, 0.25) is 5.02 Å². The summed E-state index contributed by atoms with van der Waals surface area (Å²) in [5, 5.41) is 5.84. The molecule has 194 valence electrons. The van der Waals surface area contributed by atoms with E-state index >= 15 is 0 Å². The molecule has 0 aliphatic rings. The lowest BCUT2D eigenvalue weighted by Crippen LogP contribution is -2.32. The van der Waals surface area contributed by atoms with Crippen LogP contribution in [0.25, 0.3) is 11.1 Å². The number of carbonyl (C=O) groups is 1. The van der Waals surface area contributed by atoms with Gasteiger partial charge in [-0.2, -0.15) is 0 Å². The smallest absolute Gasteiger partial charge is 0.302 e. The standard InChI is InChI=1S/C29H25BrClN3O4/c1-19(29(35)34-36)33-16-23-13-25(31)27(14-26(23)37-17-20-7-6-12-32-15-20)38-18-22-10-5-11-24(28(22)30)21-8-3-2-4-9-21/h2-15,19,33H,16-18H2,1H3. The first-order valence-corrected chi connectivity index (χ1v) is 13.0. The van der Waals surface area contributed by atoms with Crippen molar-refractivity contribution in [1.29, 1.82) is 0 Å². The Hall–Kier alpha value is -3.59. The van der Waals surface area contributed by atoms with Crippen LogP contribution in [0.1, 0.15) is 23.6 Å². The highest BCUT2D eigenvalue weighted by atomic mass is 79.9. The zero-order valence-electron chi connectivity index (χ0n) is 20.6.